The van der Waals surface area contributed by atoms with Crippen molar-refractivity contribution in [3.05, 3.63) is 33.4 Å². The number of nitrogens with one attached hydrogen (secondary N) is 1. The molecule has 0 aliphatic heterocycles. The van der Waals surface area contributed by atoms with Gasteiger partial charge in [0.05, 0.1) is 16.1 Å². The lowest BCUT2D eigenvalue weighted by molar-refractivity contribution is -0.142. The van der Waals surface area contributed by atoms with E-state index in [9.17, 15) is 14.7 Å². The van der Waals surface area contributed by atoms with Crippen LogP contribution in [0.25, 0.3) is 10.2 Å². The molecule has 1 unspecified atom stereocenters. The van der Waals surface area contributed by atoms with Gasteiger partial charge in [-0.2, -0.15) is 0 Å². The first kappa shape index (κ1) is 16.7. The minimum Gasteiger partial charge on any atom is -0.481 e. The van der Waals surface area contributed by atoms with Crippen molar-refractivity contribution >= 4 is 27.5 Å². The van der Waals surface area contributed by atoms with Crippen LogP contribution in [0.1, 0.15) is 25.8 Å². The third-order valence-corrected chi connectivity index (χ3v) is 4.68. The van der Waals surface area contributed by atoms with Gasteiger partial charge in [0.15, 0.2) is 0 Å². The zero-order chi connectivity index (χ0) is 16.3. The van der Waals surface area contributed by atoms with E-state index in [0.29, 0.717) is 25.4 Å². The van der Waals surface area contributed by atoms with Crippen LogP contribution >= 0.6 is 11.3 Å². The third-order valence-electron chi connectivity index (χ3n) is 3.68. The van der Waals surface area contributed by atoms with E-state index in [0.717, 1.165) is 15.8 Å². The van der Waals surface area contributed by atoms with Crippen molar-refractivity contribution in [2.75, 3.05) is 6.54 Å². The molecule has 0 aliphatic rings. The number of carbonyl (C=O) groups is 1. The van der Waals surface area contributed by atoms with Gasteiger partial charge >= 0.3 is 10.8 Å². The van der Waals surface area contributed by atoms with Crippen LogP contribution in [0.4, 0.5) is 0 Å². The summed E-state index contributed by atoms with van der Waals surface area (Å²) < 4.78 is 2.60. The van der Waals surface area contributed by atoms with Crippen LogP contribution < -0.4 is 10.2 Å². The van der Waals surface area contributed by atoms with Gasteiger partial charge in [0.25, 0.3) is 0 Å². The monoisotopic (exact) mass is 322 g/mol. The molecule has 0 fully saturated rings. The van der Waals surface area contributed by atoms with Gasteiger partial charge in [-0.05, 0) is 30.0 Å². The summed E-state index contributed by atoms with van der Waals surface area (Å²) in [6.07, 6.45) is 0.668. The lowest BCUT2D eigenvalue weighted by Crippen LogP contribution is -2.29. The predicted molar refractivity (Wildman–Crippen MR) is 89.4 cm³/mol. The van der Waals surface area contributed by atoms with Gasteiger partial charge in [0, 0.05) is 20.1 Å². The Kier molecular flexibility index (Phi) is 5.37. The van der Waals surface area contributed by atoms with Gasteiger partial charge < -0.3 is 15.0 Å². The lowest BCUT2D eigenvalue weighted by atomic mass is 9.97. The third kappa shape index (κ3) is 3.96. The summed E-state index contributed by atoms with van der Waals surface area (Å²) in [4.78, 5) is 22.9. The number of carboxylic acid groups (broad SMARTS) is 1. The van der Waals surface area contributed by atoms with E-state index >= 15 is 0 Å². The quantitative estimate of drug-likeness (QED) is 0.821. The van der Waals surface area contributed by atoms with Crippen molar-refractivity contribution < 1.29 is 9.90 Å². The molecule has 2 aromatic rings. The Bertz CT molecular complexity index is 718. The number of aliphatic carboxylic acids is 1. The fraction of sp³-hybridized carbons (Fsp3) is 0.500. The molecular weight excluding hydrogens is 300 g/mol. The second-order valence-corrected chi connectivity index (χ2v) is 7.02. The minimum absolute atomic E-state index is 0.0305. The summed E-state index contributed by atoms with van der Waals surface area (Å²) in [7, 11) is 1.77. The Labute approximate surface area is 133 Å². The smallest absolute Gasteiger partial charge is 0.307 e. The summed E-state index contributed by atoms with van der Waals surface area (Å²) >= 11 is 1.23. The molecule has 0 spiro atoms. The lowest BCUT2D eigenvalue weighted by Gasteiger charge is -2.15. The van der Waals surface area contributed by atoms with Crippen LogP contribution in [0.5, 0.6) is 0 Å². The fourth-order valence-corrected chi connectivity index (χ4v) is 3.46. The zero-order valence-corrected chi connectivity index (χ0v) is 13.9. The van der Waals surface area contributed by atoms with Crippen LogP contribution in [0, 0.1) is 11.8 Å². The second-order valence-electron chi connectivity index (χ2n) is 6.02. The molecule has 1 atom stereocenters. The van der Waals surface area contributed by atoms with Crippen molar-refractivity contribution in [1.82, 2.24) is 9.88 Å². The highest BCUT2D eigenvalue weighted by molar-refractivity contribution is 7.16. The molecule has 1 aromatic carbocycles. The first-order valence-electron chi connectivity index (χ1n) is 7.40. The maximum atomic E-state index is 11.6. The van der Waals surface area contributed by atoms with E-state index in [4.69, 9.17) is 0 Å². The molecule has 2 N–H and O–H groups in total. The first-order valence-corrected chi connectivity index (χ1v) is 8.22. The SMILES string of the molecule is CC(C)CC(CNCc1ccc2c(c1)sc(=O)n2C)C(=O)O. The van der Waals surface area contributed by atoms with Crippen LogP contribution in [0.2, 0.25) is 0 Å². The number of carboxylic acids is 1. The number of aryl methyl sites for hydroxylation is 1. The molecule has 1 aromatic heterocycles. The van der Waals surface area contributed by atoms with Crippen molar-refractivity contribution in [2.24, 2.45) is 18.9 Å². The van der Waals surface area contributed by atoms with Gasteiger partial charge in [-0.15, -0.1) is 0 Å². The number of aromatic nitrogens is 1. The number of rotatable bonds is 7. The largest absolute Gasteiger partial charge is 0.481 e. The first-order chi connectivity index (χ1) is 10.4. The predicted octanol–water partition coefficient (Wildman–Crippen LogP) is 2.44. The molecule has 0 saturated carbocycles. The van der Waals surface area contributed by atoms with Crippen molar-refractivity contribution in [2.45, 2.75) is 26.8 Å². The van der Waals surface area contributed by atoms with E-state index in [1.165, 1.54) is 11.3 Å². The van der Waals surface area contributed by atoms with Gasteiger partial charge in [-0.3, -0.25) is 9.59 Å². The average Bonchev–Trinajstić information content (AvgIpc) is 2.72. The van der Waals surface area contributed by atoms with Crippen LogP contribution in [-0.4, -0.2) is 22.2 Å². The Morgan fingerprint density at radius 1 is 1.41 bits per heavy atom. The van der Waals surface area contributed by atoms with Gasteiger partial charge in [0.1, 0.15) is 0 Å². The normalized spacial score (nSPS) is 12.9. The molecule has 0 amide bonds. The average molecular weight is 322 g/mol. The molecule has 0 saturated heterocycles. The van der Waals surface area contributed by atoms with Crippen LogP contribution in [0.3, 0.4) is 0 Å². The summed E-state index contributed by atoms with van der Waals surface area (Å²) in [6, 6.07) is 5.90. The van der Waals surface area contributed by atoms with E-state index in [1.54, 1.807) is 11.6 Å². The molecule has 0 bridgehead atoms. The molecule has 0 aliphatic carbocycles. The highest BCUT2D eigenvalue weighted by atomic mass is 32.1. The Morgan fingerprint density at radius 3 is 2.77 bits per heavy atom. The second kappa shape index (κ2) is 7.07. The number of fused-ring (bicyclic) bond motifs is 1. The van der Waals surface area contributed by atoms with Gasteiger partial charge in [0.2, 0.25) is 0 Å². The standard InChI is InChI=1S/C16H22N2O3S/c1-10(2)6-12(15(19)20)9-17-8-11-4-5-13-14(7-11)22-16(21)18(13)3/h4-5,7,10,12,17H,6,8-9H2,1-3H3,(H,19,20). The summed E-state index contributed by atoms with van der Waals surface area (Å²) in [5.74, 6) is -0.754. The maximum absolute atomic E-state index is 11.6. The van der Waals surface area contributed by atoms with Crippen LogP contribution in [-0.2, 0) is 18.4 Å². The molecule has 1 heterocycles. The highest BCUT2D eigenvalue weighted by Crippen LogP contribution is 2.18. The summed E-state index contributed by atoms with van der Waals surface area (Å²) in [5.41, 5.74) is 1.99. The van der Waals surface area contributed by atoms with Crippen molar-refractivity contribution in [3.63, 3.8) is 0 Å². The summed E-state index contributed by atoms with van der Waals surface area (Å²) in [5, 5.41) is 12.4. The molecular formula is C16H22N2O3S. The topological polar surface area (TPSA) is 71.3 Å². The van der Waals surface area contributed by atoms with E-state index in [2.05, 4.69) is 5.32 Å². The maximum Gasteiger partial charge on any atom is 0.307 e. The number of thiazole rings is 1. The highest BCUT2D eigenvalue weighted by Gasteiger charge is 2.18. The molecule has 22 heavy (non-hydrogen) atoms. The Balaban J connectivity index is 1.99. The minimum atomic E-state index is -0.752. The van der Waals surface area contributed by atoms with Gasteiger partial charge in [-0.1, -0.05) is 31.3 Å². The Morgan fingerprint density at radius 2 is 2.14 bits per heavy atom. The molecule has 120 valence electrons. The van der Waals surface area contributed by atoms with Crippen LogP contribution in [0.15, 0.2) is 23.0 Å². The number of hydrogen-bond donors (Lipinski definition) is 2. The van der Waals surface area contributed by atoms with Crippen molar-refractivity contribution in [3.8, 4) is 0 Å². The number of benzene rings is 1. The fourth-order valence-electron chi connectivity index (χ4n) is 2.52. The number of nitrogens with zero attached hydrogens (tertiary/aromatic N) is 1. The van der Waals surface area contributed by atoms with E-state index in [-0.39, 0.29) is 10.8 Å². The zero-order valence-electron chi connectivity index (χ0n) is 13.1. The van der Waals surface area contributed by atoms with Crippen molar-refractivity contribution in [1.29, 1.82) is 0 Å². The summed E-state index contributed by atoms with van der Waals surface area (Å²) in [6.45, 7) is 5.12. The molecule has 2 rings (SSSR count). The van der Waals surface area contributed by atoms with E-state index in [1.807, 2.05) is 32.0 Å². The van der Waals surface area contributed by atoms with Gasteiger partial charge in [-0.25, -0.2) is 0 Å². The Hall–Kier alpha value is -1.66. The molecule has 0 radical (unpaired) electrons. The molecule has 5 nitrogen and oxygen atoms in total. The van der Waals surface area contributed by atoms with E-state index < -0.39 is 5.97 Å². The molecule has 6 heteroatoms. The number of hydrogen-bond acceptors (Lipinski definition) is 4.